The number of rotatable bonds is 3. The van der Waals surface area contributed by atoms with Crippen LogP contribution in [0.1, 0.15) is 10.4 Å². The lowest BCUT2D eigenvalue weighted by Crippen LogP contribution is -2.50. The van der Waals surface area contributed by atoms with E-state index in [-0.39, 0.29) is 11.5 Å². The number of amides is 1. The average Bonchev–Trinajstić information content (AvgIpc) is 2.41. The van der Waals surface area contributed by atoms with Gasteiger partial charge in [0.25, 0.3) is 5.91 Å². The van der Waals surface area contributed by atoms with Crippen molar-refractivity contribution in [2.24, 2.45) is 5.73 Å². The Balaban J connectivity index is 1.97. The molecule has 1 amide bonds. The van der Waals surface area contributed by atoms with Crippen LogP contribution in [0.5, 0.6) is 0 Å². The van der Waals surface area contributed by atoms with Crippen LogP contribution < -0.4 is 5.73 Å². The molecule has 108 valence electrons. The predicted octanol–water partition coefficient (Wildman–Crippen LogP) is 1.01. The number of carbonyl (C=O) groups excluding carboxylic acids is 1. The maximum Gasteiger partial charge on any atom is 0.254 e. The summed E-state index contributed by atoms with van der Waals surface area (Å²) in [5.41, 5.74) is 5.63. The van der Waals surface area contributed by atoms with Crippen molar-refractivity contribution < 1.29 is 13.6 Å². The molecule has 4 nitrogen and oxygen atoms in total. The summed E-state index contributed by atoms with van der Waals surface area (Å²) < 4.78 is 26.0. The highest BCUT2D eigenvalue weighted by atomic mass is 32.1. The van der Waals surface area contributed by atoms with Crippen molar-refractivity contribution in [3.63, 3.8) is 0 Å². The summed E-state index contributed by atoms with van der Waals surface area (Å²) in [4.78, 5) is 16.2. The van der Waals surface area contributed by atoms with Crippen LogP contribution in [0.15, 0.2) is 18.2 Å². The van der Waals surface area contributed by atoms with E-state index in [1.54, 1.807) is 4.90 Å². The Labute approximate surface area is 121 Å². The quantitative estimate of drug-likeness (QED) is 0.846. The maximum atomic E-state index is 13.1. The first-order chi connectivity index (χ1) is 9.47. The number of hydrogen-bond donors (Lipinski definition) is 1. The smallest absolute Gasteiger partial charge is 0.254 e. The molecule has 1 aliphatic heterocycles. The topological polar surface area (TPSA) is 49.6 Å². The van der Waals surface area contributed by atoms with E-state index in [9.17, 15) is 13.6 Å². The van der Waals surface area contributed by atoms with Gasteiger partial charge in [-0.05, 0) is 18.2 Å². The number of thiocarbonyl (C=S) groups is 1. The van der Waals surface area contributed by atoms with Gasteiger partial charge < -0.3 is 10.6 Å². The molecule has 2 rings (SSSR count). The molecule has 0 aromatic heterocycles. The molecule has 1 heterocycles. The molecule has 0 bridgehead atoms. The summed E-state index contributed by atoms with van der Waals surface area (Å²) in [6.45, 7) is 2.88. The first-order valence-corrected chi connectivity index (χ1v) is 6.63. The van der Waals surface area contributed by atoms with E-state index in [0.29, 0.717) is 37.7 Å². The van der Waals surface area contributed by atoms with E-state index in [2.05, 4.69) is 4.90 Å². The van der Waals surface area contributed by atoms with Gasteiger partial charge in [0.1, 0.15) is 0 Å². The van der Waals surface area contributed by atoms with Crippen LogP contribution in [0.4, 0.5) is 8.78 Å². The Bertz CT molecular complexity index is 530. The fourth-order valence-corrected chi connectivity index (χ4v) is 2.32. The monoisotopic (exact) mass is 299 g/mol. The normalized spacial score (nSPS) is 16.2. The molecule has 0 spiro atoms. The summed E-state index contributed by atoms with van der Waals surface area (Å²) in [5.74, 6) is -2.26. The van der Waals surface area contributed by atoms with Crippen molar-refractivity contribution in [2.75, 3.05) is 32.7 Å². The molecule has 1 aromatic rings. The van der Waals surface area contributed by atoms with Crippen molar-refractivity contribution in [3.05, 3.63) is 35.4 Å². The minimum atomic E-state index is -1.01. The van der Waals surface area contributed by atoms with Gasteiger partial charge in [0.2, 0.25) is 0 Å². The van der Waals surface area contributed by atoms with Crippen molar-refractivity contribution in [1.29, 1.82) is 0 Å². The third-order valence-electron chi connectivity index (χ3n) is 3.21. The number of hydrogen-bond acceptors (Lipinski definition) is 3. The van der Waals surface area contributed by atoms with Crippen LogP contribution in [0, 0.1) is 11.6 Å². The minimum absolute atomic E-state index is 0.159. The number of carbonyl (C=O) groups is 1. The summed E-state index contributed by atoms with van der Waals surface area (Å²) in [6.07, 6.45) is 0. The van der Waals surface area contributed by atoms with Crippen LogP contribution in [0.2, 0.25) is 0 Å². The number of nitrogens with two attached hydrogens (primary N) is 1. The first kappa shape index (κ1) is 14.8. The van der Waals surface area contributed by atoms with Gasteiger partial charge in [-0.3, -0.25) is 9.69 Å². The lowest BCUT2D eigenvalue weighted by atomic mass is 10.1. The molecule has 1 saturated heterocycles. The van der Waals surface area contributed by atoms with Gasteiger partial charge in [0.05, 0.1) is 4.99 Å². The average molecular weight is 299 g/mol. The van der Waals surface area contributed by atoms with E-state index >= 15 is 0 Å². The second kappa shape index (κ2) is 6.23. The Kier molecular flexibility index (Phi) is 4.61. The van der Waals surface area contributed by atoms with Gasteiger partial charge >= 0.3 is 0 Å². The van der Waals surface area contributed by atoms with Gasteiger partial charge in [0.15, 0.2) is 11.6 Å². The third-order valence-corrected chi connectivity index (χ3v) is 3.33. The summed E-state index contributed by atoms with van der Waals surface area (Å²) in [7, 11) is 0. The molecule has 1 aliphatic rings. The van der Waals surface area contributed by atoms with Crippen LogP contribution in [0.3, 0.4) is 0 Å². The molecule has 1 fully saturated rings. The lowest BCUT2D eigenvalue weighted by Gasteiger charge is -2.34. The van der Waals surface area contributed by atoms with Crippen molar-refractivity contribution in [2.45, 2.75) is 0 Å². The van der Waals surface area contributed by atoms with Crippen LogP contribution in [-0.2, 0) is 0 Å². The highest BCUT2D eigenvalue weighted by Crippen LogP contribution is 2.12. The molecule has 7 heteroatoms. The number of benzene rings is 1. The Morgan fingerprint density at radius 2 is 1.85 bits per heavy atom. The third kappa shape index (κ3) is 3.49. The largest absolute Gasteiger partial charge is 0.392 e. The molecule has 0 radical (unpaired) electrons. The number of halogens is 2. The first-order valence-electron chi connectivity index (χ1n) is 6.22. The van der Waals surface area contributed by atoms with Gasteiger partial charge in [-0.15, -0.1) is 0 Å². The fraction of sp³-hybridized carbons (Fsp3) is 0.385. The molecule has 1 aromatic carbocycles. The Morgan fingerprint density at radius 1 is 1.20 bits per heavy atom. The van der Waals surface area contributed by atoms with Crippen LogP contribution in [0.25, 0.3) is 0 Å². The van der Waals surface area contributed by atoms with Crippen molar-refractivity contribution in [1.82, 2.24) is 9.80 Å². The zero-order valence-corrected chi connectivity index (χ0v) is 11.6. The molecule has 0 aliphatic carbocycles. The molecule has 20 heavy (non-hydrogen) atoms. The van der Waals surface area contributed by atoms with E-state index in [1.807, 2.05) is 0 Å². The molecule has 0 unspecified atom stereocenters. The predicted molar refractivity (Wildman–Crippen MR) is 75.5 cm³/mol. The van der Waals surface area contributed by atoms with Gasteiger partial charge in [0, 0.05) is 38.3 Å². The van der Waals surface area contributed by atoms with E-state index in [4.69, 9.17) is 18.0 Å². The van der Waals surface area contributed by atoms with Gasteiger partial charge in [-0.2, -0.15) is 0 Å². The second-order valence-corrected chi connectivity index (χ2v) is 5.19. The standard InChI is InChI=1S/C13H15F2N3OS/c14-10-2-1-9(7-11(10)15)13(19)18-5-3-17(4-6-18)8-12(16)20/h1-2,7H,3-6,8H2,(H2,16,20). The van der Waals surface area contributed by atoms with Gasteiger partial charge in [-0.25, -0.2) is 8.78 Å². The summed E-state index contributed by atoms with van der Waals surface area (Å²) in [5, 5.41) is 0. The van der Waals surface area contributed by atoms with Crippen molar-refractivity contribution in [3.8, 4) is 0 Å². The highest BCUT2D eigenvalue weighted by Gasteiger charge is 2.22. The maximum absolute atomic E-state index is 13.1. The lowest BCUT2D eigenvalue weighted by molar-refractivity contribution is 0.0654. The molecule has 2 N–H and O–H groups in total. The molecular weight excluding hydrogens is 284 g/mol. The van der Waals surface area contributed by atoms with Gasteiger partial charge in [-0.1, -0.05) is 12.2 Å². The Morgan fingerprint density at radius 3 is 2.40 bits per heavy atom. The number of piperazine rings is 1. The highest BCUT2D eigenvalue weighted by molar-refractivity contribution is 7.80. The van der Waals surface area contributed by atoms with Crippen LogP contribution >= 0.6 is 12.2 Å². The van der Waals surface area contributed by atoms with E-state index in [1.165, 1.54) is 6.07 Å². The van der Waals surface area contributed by atoms with Crippen molar-refractivity contribution >= 4 is 23.1 Å². The SMILES string of the molecule is NC(=S)CN1CCN(C(=O)c2ccc(F)c(F)c2)CC1. The zero-order chi connectivity index (χ0) is 14.7. The second-order valence-electron chi connectivity index (χ2n) is 4.66. The number of nitrogens with zero attached hydrogens (tertiary/aromatic N) is 2. The molecule has 0 atom stereocenters. The summed E-state index contributed by atoms with van der Waals surface area (Å²) >= 11 is 4.84. The van der Waals surface area contributed by atoms with E-state index < -0.39 is 11.6 Å². The fourth-order valence-electron chi connectivity index (χ4n) is 2.14. The summed E-state index contributed by atoms with van der Waals surface area (Å²) in [6, 6.07) is 3.19. The molecule has 0 saturated carbocycles. The van der Waals surface area contributed by atoms with E-state index in [0.717, 1.165) is 12.1 Å². The zero-order valence-electron chi connectivity index (χ0n) is 10.8. The molecular formula is C13H15F2N3OS. The Hall–Kier alpha value is -1.60. The van der Waals surface area contributed by atoms with Crippen LogP contribution in [-0.4, -0.2) is 53.4 Å². The minimum Gasteiger partial charge on any atom is -0.392 e.